The molecule has 1 N–H and O–H groups in total. The smallest absolute Gasteiger partial charge is 0.261 e. The number of sulfonamides is 1. The third-order valence-electron chi connectivity index (χ3n) is 4.26. The summed E-state index contributed by atoms with van der Waals surface area (Å²) in [7, 11) is -3.40. The molecule has 0 bridgehead atoms. The molecule has 0 spiro atoms. The van der Waals surface area contributed by atoms with Crippen molar-refractivity contribution in [3.05, 3.63) is 46.6 Å². The number of ether oxygens (including phenoxy) is 1. The van der Waals surface area contributed by atoms with Crippen LogP contribution in [0.5, 0.6) is 0 Å². The number of hydrogen-bond donors (Lipinski definition) is 1. The maximum atomic E-state index is 13.1. The third-order valence-corrected chi connectivity index (χ3v) is 7.41. The Morgan fingerprint density at radius 3 is 2.59 bits per heavy atom. The molecule has 27 heavy (non-hydrogen) atoms. The third kappa shape index (κ3) is 4.92. The molecule has 2 heterocycles. The molecule has 9 heteroatoms. The summed E-state index contributed by atoms with van der Waals surface area (Å²) in [5.74, 6) is -0.769. The van der Waals surface area contributed by atoms with Gasteiger partial charge in [0.25, 0.3) is 5.91 Å². The van der Waals surface area contributed by atoms with E-state index in [1.807, 2.05) is 6.92 Å². The molecule has 0 saturated carbocycles. The molecule has 0 unspecified atom stereocenters. The largest absolute Gasteiger partial charge is 0.379 e. The van der Waals surface area contributed by atoms with Gasteiger partial charge in [-0.25, -0.2) is 12.8 Å². The lowest BCUT2D eigenvalue weighted by Crippen LogP contribution is -2.43. The molecule has 1 fully saturated rings. The van der Waals surface area contributed by atoms with E-state index >= 15 is 0 Å². The zero-order valence-electron chi connectivity index (χ0n) is 14.9. The topological polar surface area (TPSA) is 75.7 Å². The zero-order valence-corrected chi connectivity index (χ0v) is 16.5. The summed E-state index contributed by atoms with van der Waals surface area (Å²) in [4.78, 5) is 13.8. The van der Waals surface area contributed by atoms with Gasteiger partial charge in [-0.1, -0.05) is 12.1 Å². The maximum Gasteiger partial charge on any atom is 0.261 e. The summed E-state index contributed by atoms with van der Waals surface area (Å²) in [5, 5.41) is 2.67. The normalized spacial score (nSPS) is 15.6. The molecule has 1 saturated heterocycles. The van der Waals surface area contributed by atoms with Crippen molar-refractivity contribution in [3.63, 3.8) is 0 Å². The van der Waals surface area contributed by atoms with Crippen molar-refractivity contribution in [2.75, 3.05) is 38.6 Å². The van der Waals surface area contributed by atoms with E-state index in [0.717, 1.165) is 16.0 Å². The van der Waals surface area contributed by atoms with Gasteiger partial charge in [-0.05, 0) is 36.2 Å². The first kappa shape index (κ1) is 19.9. The standard InChI is InChI=1S/C18H21FN2O4S2/c1-13-12-16(26-17(13)14-2-4-15(19)5-3-14)18(22)20-6-11-27(23,24)21-7-9-25-10-8-21/h2-5,12H,6-11H2,1H3,(H,20,22). The number of amides is 1. The molecule has 1 amide bonds. The van der Waals surface area contributed by atoms with Crippen LogP contribution in [0.4, 0.5) is 4.39 Å². The summed E-state index contributed by atoms with van der Waals surface area (Å²) >= 11 is 1.30. The Labute approximate surface area is 162 Å². The second kappa shape index (κ2) is 8.47. The molecule has 0 aliphatic carbocycles. The molecule has 2 aromatic rings. The van der Waals surface area contributed by atoms with Crippen molar-refractivity contribution < 1.29 is 22.3 Å². The number of nitrogens with zero attached hydrogens (tertiary/aromatic N) is 1. The van der Waals surface area contributed by atoms with Crippen molar-refractivity contribution in [2.45, 2.75) is 6.92 Å². The first-order valence-corrected chi connectivity index (χ1v) is 11.0. The SMILES string of the molecule is Cc1cc(C(=O)NCCS(=O)(=O)N2CCOCC2)sc1-c1ccc(F)cc1. The molecule has 1 aliphatic heterocycles. The Hall–Kier alpha value is -1.81. The molecule has 1 aromatic heterocycles. The number of carbonyl (C=O) groups is 1. The number of carbonyl (C=O) groups excluding carboxylic acids is 1. The second-order valence-corrected chi connectivity index (χ2v) is 9.35. The monoisotopic (exact) mass is 412 g/mol. The quantitative estimate of drug-likeness (QED) is 0.790. The van der Waals surface area contributed by atoms with Gasteiger partial charge in [0, 0.05) is 24.5 Å². The predicted molar refractivity (Wildman–Crippen MR) is 103 cm³/mol. The van der Waals surface area contributed by atoms with E-state index < -0.39 is 10.0 Å². The van der Waals surface area contributed by atoms with Crippen LogP contribution in [0.2, 0.25) is 0 Å². The molecule has 0 radical (unpaired) electrons. The van der Waals surface area contributed by atoms with Gasteiger partial charge in [0.15, 0.2) is 0 Å². The summed E-state index contributed by atoms with van der Waals surface area (Å²) < 4.78 is 44.2. The summed E-state index contributed by atoms with van der Waals surface area (Å²) in [5.41, 5.74) is 1.76. The number of morpholine rings is 1. The van der Waals surface area contributed by atoms with E-state index in [1.165, 1.54) is 27.8 Å². The van der Waals surface area contributed by atoms with Gasteiger partial charge in [-0.2, -0.15) is 4.31 Å². The highest BCUT2D eigenvalue weighted by atomic mass is 32.2. The molecule has 1 aromatic carbocycles. The van der Waals surface area contributed by atoms with Crippen molar-refractivity contribution in [1.82, 2.24) is 9.62 Å². The first-order valence-electron chi connectivity index (χ1n) is 8.57. The average molecular weight is 413 g/mol. The lowest BCUT2D eigenvalue weighted by molar-refractivity contribution is 0.0730. The molecule has 3 rings (SSSR count). The fraction of sp³-hybridized carbons (Fsp3) is 0.389. The molecule has 1 aliphatic rings. The summed E-state index contributed by atoms with van der Waals surface area (Å²) in [6.45, 7) is 3.41. The predicted octanol–water partition coefficient (Wildman–Crippen LogP) is 2.25. The number of halogens is 1. The van der Waals surface area contributed by atoms with Gasteiger partial charge in [0.1, 0.15) is 5.82 Å². The minimum atomic E-state index is -3.40. The van der Waals surface area contributed by atoms with Crippen LogP contribution in [0, 0.1) is 12.7 Å². The van der Waals surface area contributed by atoms with Crippen molar-refractivity contribution in [2.24, 2.45) is 0 Å². The van der Waals surface area contributed by atoms with E-state index in [4.69, 9.17) is 4.74 Å². The van der Waals surface area contributed by atoms with Crippen molar-refractivity contribution >= 4 is 27.3 Å². The van der Waals surface area contributed by atoms with E-state index in [-0.39, 0.29) is 24.0 Å². The van der Waals surface area contributed by atoms with Crippen LogP contribution in [0.3, 0.4) is 0 Å². The van der Waals surface area contributed by atoms with Gasteiger partial charge < -0.3 is 10.1 Å². The van der Waals surface area contributed by atoms with Gasteiger partial charge in [-0.3, -0.25) is 4.79 Å². The Morgan fingerprint density at radius 1 is 1.26 bits per heavy atom. The number of thiophene rings is 1. The van der Waals surface area contributed by atoms with E-state index in [9.17, 15) is 17.6 Å². The summed E-state index contributed by atoms with van der Waals surface area (Å²) in [6, 6.07) is 7.86. The van der Waals surface area contributed by atoms with E-state index in [0.29, 0.717) is 31.2 Å². The van der Waals surface area contributed by atoms with Crippen LogP contribution in [0.15, 0.2) is 30.3 Å². The number of hydrogen-bond acceptors (Lipinski definition) is 5. The van der Waals surface area contributed by atoms with Crippen LogP contribution in [-0.4, -0.2) is 57.2 Å². The number of aryl methyl sites for hydroxylation is 1. The highest BCUT2D eigenvalue weighted by Crippen LogP contribution is 2.32. The van der Waals surface area contributed by atoms with Gasteiger partial charge in [0.05, 0.1) is 23.8 Å². The Kier molecular flexibility index (Phi) is 6.25. The molecule has 146 valence electrons. The van der Waals surface area contributed by atoms with Crippen molar-refractivity contribution in [3.8, 4) is 10.4 Å². The molecule has 0 atom stereocenters. The van der Waals surface area contributed by atoms with Gasteiger partial charge >= 0.3 is 0 Å². The van der Waals surface area contributed by atoms with Crippen LogP contribution >= 0.6 is 11.3 Å². The first-order chi connectivity index (χ1) is 12.9. The second-order valence-electron chi connectivity index (χ2n) is 6.21. The molecular formula is C18H21FN2O4S2. The zero-order chi connectivity index (χ0) is 19.4. The Morgan fingerprint density at radius 2 is 1.93 bits per heavy atom. The minimum absolute atomic E-state index is 0.0430. The lowest BCUT2D eigenvalue weighted by atomic mass is 10.1. The molecular weight excluding hydrogens is 391 g/mol. The average Bonchev–Trinajstić information content (AvgIpc) is 3.05. The van der Waals surface area contributed by atoms with E-state index in [1.54, 1.807) is 18.2 Å². The van der Waals surface area contributed by atoms with E-state index in [2.05, 4.69) is 5.32 Å². The lowest BCUT2D eigenvalue weighted by Gasteiger charge is -2.25. The van der Waals surface area contributed by atoms with Gasteiger partial charge in [-0.15, -0.1) is 11.3 Å². The minimum Gasteiger partial charge on any atom is -0.379 e. The van der Waals surface area contributed by atoms with Crippen LogP contribution in [-0.2, 0) is 14.8 Å². The van der Waals surface area contributed by atoms with Gasteiger partial charge in [0.2, 0.25) is 10.0 Å². The number of nitrogens with one attached hydrogen (secondary N) is 1. The Balaban J connectivity index is 1.60. The highest BCUT2D eigenvalue weighted by Gasteiger charge is 2.24. The number of rotatable bonds is 6. The fourth-order valence-corrected chi connectivity index (χ4v) is 5.23. The van der Waals surface area contributed by atoms with Crippen LogP contribution < -0.4 is 5.32 Å². The van der Waals surface area contributed by atoms with Crippen molar-refractivity contribution in [1.29, 1.82) is 0 Å². The van der Waals surface area contributed by atoms with Crippen LogP contribution in [0.25, 0.3) is 10.4 Å². The maximum absolute atomic E-state index is 13.1. The number of benzene rings is 1. The fourth-order valence-electron chi connectivity index (χ4n) is 2.82. The molecule has 6 nitrogen and oxygen atoms in total. The highest BCUT2D eigenvalue weighted by molar-refractivity contribution is 7.89. The Bertz CT molecular complexity index is 904. The van der Waals surface area contributed by atoms with Crippen LogP contribution in [0.1, 0.15) is 15.2 Å². The summed E-state index contributed by atoms with van der Waals surface area (Å²) in [6.07, 6.45) is 0.